The van der Waals surface area contributed by atoms with Gasteiger partial charge in [-0.15, -0.1) is 0 Å². The summed E-state index contributed by atoms with van der Waals surface area (Å²) in [7, 11) is 0. The molecular formula is C13H13BrClN3O. The maximum absolute atomic E-state index is 10.5. The lowest BCUT2D eigenvalue weighted by Crippen LogP contribution is -2.31. The molecule has 4 nitrogen and oxygen atoms in total. The highest BCUT2D eigenvalue weighted by Gasteiger charge is 2.25. The van der Waals surface area contributed by atoms with E-state index in [2.05, 4.69) is 31.2 Å². The second kappa shape index (κ2) is 5.86. The molecule has 0 saturated heterocycles. The average Bonchev–Trinajstić information content (AvgIpc) is 2.38. The zero-order chi connectivity index (χ0) is 13.9. The Bertz CT molecular complexity index is 560. The van der Waals surface area contributed by atoms with Crippen LogP contribution in [0.2, 0.25) is 5.02 Å². The first-order valence-corrected chi connectivity index (χ1v) is 6.85. The lowest BCUT2D eigenvalue weighted by molar-refractivity contribution is 0.0714. The van der Waals surface area contributed by atoms with E-state index < -0.39 is 5.60 Å². The van der Waals surface area contributed by atoms with Gasteiger partial charge in [-0.1, -0.05) is 29.8 Å². The molecule has 2 rings (SSSR count). The van der Waals surface area contributed by atoms with Crippen LogP contribution in [0, 0.1) is 0 Å². The number of benzene rings is 1. The van der Waals surface area contributed by atoms with E-state index in [4.69, 9.17) is 11.6 Å². The van der Waals surface area contributed by atoms with Crippen LogP contribution in [-0.4, -0.2) is 21.6 Å². The van der Waals surface area contributed by atoms with E-state index in [-0.39, 0.29) is 6.54 Å². The lowest BCUT2D eigenvalue weighted by atomic mass is 9.96. The normalized spacial score (nSPS) is 13.9. The Morgan fingerprint density at radius 3 is 2.58 bits per heavy atom. The molecule has 0 fully saturated rings. The fourth-order valence-corrected chi connectivity index (χ4v) is 2.19. The van der Waals surface area contributed by atoms with Crippen molar-refractivity contribution in [1.82, 2.24) is 9.97 Å². The maximum Gasteiger partial charge on any atom is 0.222 e. The Morgan fingerprint density at radius 1 is 1.32 bits per heavy atom. The molecule has 0 aliphatic carbocycles. The molecule has 2 N–H and O–H groups in total. The van der Waals surface area contributed by atoms with Crippen LogP contribution in [0.5, 0.6) is 0 Å². The van der Waals surface area contributed by atoms with E-state index in [0.717, 1.165) is 4.47 Å². The monoisotopic (exact) mass is 341 g/mol. The summed E-state index contributed by atoms with van der Waals surface area (Å²) in [6.07, 6.45) is 3.28. The zero-order valence-corrected chi connectivity index (χ0v) is 12.6. The van der Waals surface area contributed by atoms with Crippen LogP contribution in [0.15, 0.2) is 41.1 Å². The summed E-state index contributed by atoms with van der Waals surface area (Å²) in [4.78, 5) is 8.17. The van der Waals surface area contributed by atoms with Crippen molar-refractivity contribution in [2.45, 2.75) is 12.5 Å². The molecule has 1 heterocycles. The van der Waals surface area contributed by atoms with Gasteiger partial charge in [-0.05, 0) is 28.9 Å². The van der Waals surface area contributed by atoms with Crippen molar-refractivity contribution in [2.75, 3.05) is 11.9 Å². The minimum Gasteiger partial charge on any atom is -0.384 e. The third-order valence-electron chi connectivity index (χ3n) is 2.67. The molecule has 1 aromatic heterocycles. The van der Waals surface area contributed by atoms with E-state index >= 15 is 0 Å². The van der Waals surface area contributed by atoms with Gasteiger partial charge in [-0.2, -0.15) is 0 Å². The summed E-state index contributed by atoms with van der Waals surface area (Å²) in [6.45, 7) is 1.96. The van der Waals surface area contributed by atoms with Crippen molar-refractivity contribution in [3.63, 3.8) is 0 Å². The van der Waals surface area contributed by atoms with Crippen molar-refractivity contribution in [3.8, 4) is 0 Å². The molecule has 6 heteroatoms. The number of nitrogens with one attached hydrogen (secondary N) is 1. The number of hydrogen-bond acceptors (Lipinski definition) is 4. The van der Waals surface area contributed by atoms with E-state index in [9.17, 15) is 5.11 Å². The Morgan fingerprint density at radius 2 is 1.95 bits per heavy atom. The van der Waals surface area contributed by atoms with Gasteiger partial charge in [0.2, 0.25) is 5.95 Å². The molecular weight excluding hydrogens is 330 g/mol. The third-order valence-corrected chi connectivity index (χ3v) is 3.40. The second-order valence-corrected chi connectivity index (χ2v) is 5.66. The Hall–Kier alpha value is -1.17. The first-order valence-electron chi connectivity index (χ1n) is 5.68. The molecule has 1 atom stereocenters. The lowest BCUT2D eigenvalue weighted by Gasteiger charge is -2.25. The van der Waals surface area contributed by atoms with Crippen molar-refractivity contribution in [2.24, 2.45) is 0 Å². The molecule has 1 aromatic carbocycles. The van der Waals surface area contributed by atoms with Crippen molar-refractivity contribution in [1.29, 1.82) is 0 Å². The standard InChI is InChI=1S/C13H13BrClN3O/c1-13(19,10-4-2-3-5-11(10)15)8-18-12-16-6-9(14)7-17-12/h2-7,19H,8H2,1H3,(H,16,17,18). The van der Waals surface area contributed by atoms with Gasteiger partial charge in [-0.25, -0.2) is 9.97 Å². The fraction of sp³-hybridized carbons (Fsp3) is 0.231. The van der Waals surface area contributed by atoms with Crippen LogP contribution in [0.3, 0.4) is 0 Å². The minimum atomic E-state index is -1.10. The third kappa shape index (κ3) is 3.65. The predicted octanol–water partition coefficient (Wildman–Crippen LogP) is 3.21. The quantitative estimate of drug-likeness (QED) is 0.896. The largest absolute Gasteiger partial charge is 0.384 e. The number of rotatable bonds is 4. The van der Waals surface area contributed by atoms with Gasteiger partial charge in [0, 0.05) is 23.0 Å². The fourth-order valence-electron chi connectivity index (χ4n) is 1.65. The van der Waals surface area contributed by atoms with Crippen LogP contribution < -0.4 is 5.32 Å². The van der Waals surface area contributed by atoms with Gasteiger partial charge in [0.15, 0.2) is 0 Å². The minimum absolute atomic E-state index is 0.262. The molecule has 19 heavy (non-hydrogen) atoms. The highest BCUT2D eigenvalue weighted by Crippen LogP contribution is 2.27. The molecule has 0 amide bonds. The van der Waals surface area contributed by atoms with Gasteiger partial charge in [0.1, 0.15) is 5.60 Å². The first-order chi connectivity index (χ1) is 8.99. The van der Waals surface area contributed by atoms with Gasteiger partial charge < -0.3 is 10.4 Å². The number of aromatic nitrogens is 2. The molecule has 0 aliphatic heterocycles. The average molecular weight is 343 g/mol. The Labute approximate surface area is 125 Å². The maximum atomic E-state index is 10.5. The van der Waals surface area contributed by atoms with E-state index in [1.165, 1.54) is 0 Å². The van der Waals surface area contributed by atoms with Crippen molar-refractivity contribution in [3.05, 3.63) is 51.7 Å². The molecule has 0 radical (unpaired) electrons. The molecule has 2 aromatic rings. The number of hydrogen-bond donors (Lipinski definition) is 2. The van der Waals surface area contributed by atoms with E-state index in [1.54, 1.807) is 31.5 Å². The number of nitrogens with zero attached hydrogens (tertiary/aromatic N) is 2. The van der Waals surface area contributed by atoms with Crippen LogP contribution >= 0.6 is 27.5 Å². The van der Waals surface area contributed by atoms with E-state index in [0.29, 0.717) is 16.5 Å². The summed E-state index contributed by atoms with van der Waals surface area (Å²) in [5.74, 6) is 0.454. The second-order valence-electron chi connectivity index (χ2n) is 4.33. The first kappa shape index (κ1) is 14.2. The number of aliphatic hydroxyl groups is 1. The van der Waals surface area contributed by atoms with Crippen LogP contribution in [-0.2, 0) is 5.60 Å². The molecule has 0 saturated carbocycles. The Kier molecular flexibility index (Phi) is 4.39. The Balaban J connectivity index is 2.09. The van der Waals surface area contributed by atoms with Gasteiger partial charge in [0.25, 0.3) is 0 Å². The highest BCUT2D eigenvalue weighted by molar-refractivity contribution is 9.10. The molecule has 0 aliphatic rings. The van der Waals surface area contributed by atoms with Crippen LogP contribution in [0.25, 0.3) is 0 Å². The SMILES string of the molecule is CC(O)(CNc1ncc(Br)cn1)c1ccccc1Cl. The van der Waals surface area contributed by atoms with Crippen molar-refractivity contribution < 1.29 is 5.11 Å². The van der Waals surface area contributed by atoms with Crippen molar-refractivity contribution >= 4 is 33.5 Å². The summed E-state index contributed by atoms with van der Waals surface area (Å²) in [6, 6.07) is 7.22. The van der Waals surface area contributed by atoms with Gasteiger partial charge >= 0.3 is 0 Å². The van der Waals surface area contributed by atoms with Crippen LogP contribution in [0.4, 0.5) is 5.95 Å². The van der Waals surface area contributed by atoms with Gasteiger partial charge in [0.05, 0.1) is 11.0 Å². The molecule has 1 unspecified atom stereocenters. The molecule has 0 spiro atoms. The predicted molar refractivity (Wildman–Crippen MR) is 79.2 cm³/mol. The summed E-state index contributed by atoms with van der Waals surface area (Å²) in [5.41, 5.74) is -0.435. The molecule has 0 bridgehead atoms. The van der Waals surface area contributed by atoms with Crippen LogP contribution in [0.1, 0.15) is 12.5 Å². The topological polar surface area (TPSA) is 58.0 Å². The smallest absolute Gasteiger partial charge is 0.222 e. The molecule has 100 valence electrons. The highest BCUT2D eigenvalue weighted by atomic mass is 79.9. The summed E-state index contributed by atoms with van der Waals surface area (Å²) >= 11 is 9.35. The van der Waals surface area contributed by atoms with Gasteiger partial charge in [-0.3, -0.25) is 0 Å². The zero-order valence-electron chi connectivity index (χ0n) is 10.3. The summed E-state index contributed by atoms with van der Waals surface area (Å²) < 4.78 is 0.802. The van der Waals surface area contributed by atoms with E-state index in [1.807, 2.05) is 12.1 Å². The number of halogens is 2. The number of anilines is 1. The summed E-state index contributed by atoms with van der Waals surface area (Å²) in [5, 5.41) is 14.0.